The van der Waals surface area contributed by atoms with Gasteiger partial charge in [0.05, 0.1) is 5.92 Å². The molecule has 26 heavy (non-hydrogen) atoms. The fourth-order valence-electron chi connectivity index (χ4n) is 6.84. The first-order chi connectivity index (χ1) is 12.6. The summed E-state index contributed by atoms with van der Waals surface area (Å²) in [6, 6.07) is 1.86. The van der Waals surface area contributed by atoms with Crippen molar-refractivity contribution in [2.45, 2.75) is 51.9 Å². The summed E-state index contributed by atoms with van der Waals surface area (Å²) in [5.41, 5.74) is 1.11. The molecule has 138 valence electrons. The molecular formula is C22H27NO3. The van der Waals surface area contributed by atoms with Crippen LogP contribution in [0.3, 0.4) is 0 Å². The van der Waals surface area contributed by atoms with Gasteiger partial charge in [0.25, 0.3) is 0 Å². The lowest BCUT2D eigenvalue weighted by atomic mass is 9.47. The summed E-state index contributed by atoms with van der Waals surface area (Å²) in [5, 5.41) is 8.70. The van der Waals surface area contributed by atoms with Gasteiger partial charge in [-0.15, -0.1) is 0 Å². The molecule has 0 radical (unpaired) electrons. The molecule has 0 aromatic heterocycles. The molecule has 0 bridgehead atoms. The predicted octanol–water partition coefficient (Wildman–Crippen LogP) is 3.98. The quantitative estimate of drug-likeness (QED) is 0.437. The van der Waals surface area contributed by atoms with Gasteiger partial charge in [0.15, 0.2) is 6.61 Å². The molecule has 0 aromatic rings. The van der Waals surface area contributed by atoms with Crippen LogP contribution in [0.4, 0.5) is 0 Å². The van der Waals surface area contributed by atoms with Crippen molar-refractivity contribution < 1.29 is 14.3 Å². The maximum atomic E-state index is 12.5. The zero-order valence-corrected chi connectivity index (χ0v) is 15.4. The van der Waals surface area contributed by atoms with E-state index in [1.807, 2.05) is 6.07 Å². The Balaban J connectivity index is 1.63. The minimum atomic E-state index is -0.580. The van der Waals surface area contributed by atoms with Crippen LogP contribution in [0, 0.1) is 45.8 Å². The minimum absolute atomic E-state index is 0.121. The van der Waals surface area contributed by atoms with Gasteiger partial charge < -0.3 is 9.53 Å². The van der Waals surface area contributed by atoms with Gasteiger partial charge in [-0.1, -0.05) is 30.7 Å². The first-order valence-electron chi connectivity index (χ1n) is 9.94. The van der Waals surface area contributed by atoms with Gasteiger partial charge in [-0.2, -0.15) is 5.26 Å². The largest absolute Gasteiger partial charge is 0.450 e. The lowest BCUT2D eigenvalue weighted by molar-refractivity contribution is -0.157. The van der Waals surface area contributed by atoms with E-state index in [1.54, 1.807) is 5.57 Å². The molecule has 4 rings (SSSR count). The van der Waals surface area contributed by atoms with E-state index in [4.69, 9.17) is 10.00 Å². The Labute approximate surface area is 155 Å². The fourth-order valence-corrected chi connectivity index (χ4v) is 6.84. The number of aldehydes is 1. The Morgan fingerprint density at radius 2 is 2.19 bits per heavy atom. The second-order valence-corrected chi connectivity index (χ2v) is 8.73. The topological polar surface area (TPSA) is 67.2 Å². The molecule has 0 amide bonds. The third-order valence-corrected chi connectivity index (χ3v) is 7.98. The third-order valence-electron chi connectivity index (χ3n) is 7.98. The summed E-state index contributed by atoms with van der Waals surface area (Å²) in [5.74, 6) is 0.608. The number of nitrogens with zero attached hydrogens (tertiary/aromatic N) is 1. The summed E-state index contributed by atoms with van der Waals surface area (Å²) >= 11 is 0. The molecule has 0 saturated heterocycles. The average Bonchev–Trinajstić information content (AvgIpc) is 3.05. The summed E-state index contributed by atoms with van der Waals surface area (Å²) in [6.45, 7) is 2.14. The Morgan fingerprint density at radius 3 is 2.96 bits per heavy atom. The van der Waals surface area contributed by atoms with Gasteiger partial charge in [-0.3, -0.25) is 4.79 Å². The monoisotopic (exact) mass is 353 g/mol. The number of hydrogen-bond acceptors (Lipinski definition) is 4. The SMILES string of the molecule is C[C@]12C=CCC=C1CC[C@H]1[C@@H]3CC[C@H](C(=O)OCC#N)[C@@]3(C=O)CC[C@@H]12. The maximum Gasteiger partial charge on any atom is 0.310 e. The number of fused-ring (bicyclic) bond motifs is 5. The molecular weight excluding hydrogens is 326 g/mol. The highest BCUT2D eigenvalue weighted by Crippen LogP contribution is 2.65. The van der Waals surface area contributed by atoms with Crippen LogP contribution >= 0.6 is 0 Å². The molecule has 0 aromatic carbocycles. The van der Waals surface area contributed by atoms with E-state index in [2.05, 4.69) is 25.2 Å². The van der Waals surface area contributed by atoms with Gasteiger partial charge in [-0.25, -0.2) is 0 Å². The number of rotatable bonds is 3. The van der Waals surface area contributed by atoms with E-state index in [9.17, 15) is 9.59 Å². The molecule has 0 spiro atoms. The number of hydrogen-bond donors (Lipinski definition) is 0. The van der Waals surface area contributed by atoms with Crippen molar-refractivity contribution in [3.8, 4) is 6.07 Å². The van der Waals surface area contributed by atoms with Crippen LogP contribution < -0.4 is 0 Å². The van der Waals surface area contributed by atoms with Gasteiger partial charge in [0.1, 0.15) is 12.4 Å². The Hall–Kier alpha value is -1.89. The lowest BCUT2D eigenvalue weighted by Gasteiger charge is -2.56. The summed E-state index contributed by atoms with van der Waals surface area (Å²) in [7, 11) is 0. The second kappa shape index (κ2) is 6.37. The standard InChI is InChI=1S/C22H27NO3/c1-21-10-3-2-4-15(21)5-6-16-17(21)9-11-22(14-24)18(16)7-8-19(22)20(25)26-13-12-23/h3-4,10,14,16-19H,2,5-9,11,13H2,1H3/t16-,17+,18+,19-,21+,22-/m1/s1. The van der Waals surface area contributed by atoms with Gasteiger partial charge in [0, 0.05) is 10.8 Å². The molecule has 0 aliphatic heterocycles. The number of allylic oxidation sites excluding steroid dienone is 4. The molecule has 0 unspecified atom stereocenters. The van der Waals surface area contributed by atoms with Crippen molar-refractivity contribution in [1.82, 2.24) is 0 Å². The first kappa shape index (κ1) is 17.5. The molecule has 4 nitrogen and oxygen atoms in total. The van der Waals surface area contributed by atoms with Crippen LogP contribution in [0.25, 0.3) is 0 Å². The van der Waals surface area contributed by atoms with Crippen molar-refractivity contribution in [3.63, 3.8) is 0 Å². The van der Waals surface area contributed by atoms with Crippen molar-refractivity contribution in [3.05, 3.63) is 23.8 Å². The van der Waals surface area contributed by atoms with E-state index in [1.165, 1.54) is 0 Å². The Morgan fingerprint density at radius 1 is 1.35 bits per heavy atom. The average molecular weight is 353 g/mol. The summed E-state index contributed by atoms with van der Waals surface area (Å²) in [6.07, 6.45) is 14.8. The lowest BCUT2D eigenvalue weighted by Crippen LogP contribution is -2.52. The maximum absolute atomic E-state index is 12.5. The first-order valence-corrected chi connectivity index (χ1v) is 9.94. The van der Waals surface area contributed by atoms with E-state index in [-0.39, 0.29) is 29.8 Å². The molecule has 3 fully saturated rings. The van der Waals surface area contributed by atoms with Crippen LogP contribution in [-0.4, -0.2) is 18.9 Å². The smallest absolute Gasteiger partial charge is 0.310 e. The zero-order valence-electron chi connectivity index (χ0n) is 15.4. The van der Waals surface area contributed by atoms with E-state index < -0.39 is 5.41 Å². The van der Waals surface area contributed by atoms with Crippen LogP contribution in [0.5, 0.6) is 0 Å². The Kier molecular flexibility index (Phi) is 4.29. The second-order valence-electron chi connectivity index (χ2n) is 8.73. The number of carbonyl (C=O) groups excluding carboxylic acids is 2. The predicted molar refractivity (Wildman–Crippen MR) is 96.7 cm³/mol. The van der Waals surface area contributed by atoms with Crippen LogP contribution in [0.2, 0.25) is 0 Å². The highest BCUT2D eigenvalue weighted by atomic mass is 16.5. The molecule has 0 N–H and O–H groups in total. The zero-order chi connectivity index (χ0) is 18.4. The highest BCUT2D eigenvalue weighted by Gasteiger charge is 2.62. The highest BCUT2D eigenvalue weighted by molar-refractivity contribution is 5.80. The van der Waals surface area contributed by atoms with E-state index >= 15 is 0 Å². The summed E-state index contributed by atoms with van der Waals surface area (Å²) in [4.78, 5) is 24.8. The normalized spacial score (nSPS) is 43.3. The van der Waals surface area contributed by atoms with Gasteiger partial charge in [-0.05, 0) is 62.7 Å². The van der Waals surface area contributed by atoms with Crippen LogP contribution in [-0.2, 0) is 14.3 Å². The van der Waals surface area contributed by atoms with Gasteiger partial charge in [0.2, 0.25) is 0 Å². The third kappa shape index (κ3) is 2.32. The molecule has 3 saturated carbocycles. The Bertz CT molecular complexity index is 717. The van der Waals surface area contributed by atoms with Gasteiger partial charge >= 0.3 is 5.97 Å². The number of esters is 1. The van der Waals surface area contributed by atoms with Crippen LogP contribution in [0.15, 0.2) is 23.8 Å². The van der Waals surface area contributed by atoms with Crippen molar-refractivity contribution in [2.75, 3.05) is 6.61 Å². The number of ether oxygens (including phenoxy) is 1. The minimum Gasteiger partial charge on any atom is -0.450 e. The molecule has 4 aliphatic carbocycles. The van der Waals surface area contributed by atoms with Crippen molar-refractivity contribution >= 4 is 12.3 Å². The molecule has 4 heteroatoms. The van der Waals surface area contributed by atoms with Crippen molar-refractivity contribution in [2.24, 2.45) is 34.5 Å². The van der Waals surface area contributed by atoms with E-state index in [0.717, 1.165) is 44.8 Å². The number of nitriles is 1. The molecule has 4 aliphatic rings. The molecule has 6 atom stereocenters. The van der Waals surface area contributed by atoms with Crippen LogP contribution in [0.1, 0.15) is 51.9 Å². The number of carbonyl (C=O) groups is 2. The van der Waals surface area contributed by atoms with Crippen molar-refractivity contribution in [1.29, 1.82) is 5.26 Å². The molecule has 0 heterocycles. The van der Waals surface area contributed by atoms with E-state index in [0.29, 0.717) is 18.3 Å². The summed E-state index contributed by atoms with van der Waals surface area (Å²) < 4.78 is 5.11. The fraction of sp³-hybridized carbons (Fsp3) is 0.682.